The molecular weight excluding hydrogens is 250 g/mol. The van der Waals surface area contributed by atoms with Crippen LogP contribution in [-0.2, 0) is 0 Å². The number of aromatic hydroxyl groups is 1. The van der Waals surface area contributed by atoms with Crippen molar-refractivity contribution in [3.05, 3.63) is 23.8 Å². The van der Waals surface area contributed by atoms with Crippen LogP contribution in [0.2, 0.25) is 0 Å². The highest BCUT2D eigenvalue weighted by Gasteiger charge is 2.23. The van der Waals surface area contributed by atoms with Crippen molar-refractivity contribution in [1.29, 1.82) is 0 Å². The summed E-state index contributed by atoms with van der Waals surface area (Å²) in [6, 6.07) is 5.29. The van der Waals surface area contributed by atoms with Gasteiger partial charge in [0.2, 0.25) is 0 Å². The minimum absolute atomic E-state index is 0.00771. The van der Waals surface area contributed by atoms with Crippen molar-refractivity contribution in [3.8, 4) is 11.5 Å². The fourth-order valence-corrected chi connectivity index (χ4v) is 2.46. The van der Waals surface area contributed by atoms with Crippen LogP contribution in [0.3, 0.4) is 0 Å². The van der Waals surface area contributed by atoms with Crippen LogP contribution in [0, 0.1) is 5.92 Å². The number of hydrogen-bond acceptors (Lipinski definition) is 3. The Morgan fingerprint density at radius 2 is 1.83 bits per heavy atom. The maximum Gasteiger partial charge on any atom is 0.161 e. The average molecular weight is 272 g/mol. The largest absolute Gasteiger partial charge is 0.504 e. The van der Waals surface area contributed by atoms with E-state index in [0.717, 1.165) is 5.56 Å². The number of nitrogens with two attached hydrogens (primary N) is 1. The molecule has 3 nitrogen and oxygen atoms in total. The molecule has 3 N–H and O–H groups in total. The fraction of sp³-hybridized carbons (Fsp3) is 0.571. The molecule has 0 saturated heterocycles. The van der Waals surface area contributed by atoms with Crippen LogP contribution < -0.4 is 10.5 Å². The van der Waals surface area contributed by atoms with Crippen LogP contribution in [0.15, 0.2) is 18.2 Å². The highest BCUT2D eigenvalue weighted by atomic mass is 35.5. The molecule has 0 heterocycles. The molecule has 0 amide bonds. The Morgan fingerprint density at radius 3 is 2.28 bits per heavy atom. The number of hydrogen-bond donors (Lipinski definition) is 2. The number of phenols is 1. The fourth-order valence-electron chi connectivity index (χ4n) is 2.02. The quantitative estimate of drug-likeness (QED) is 0.637. The van der Waals surface area contributed by atoms with Gasteiger partial charge in [-0.1, -0.05) is 19.9 Å². The Kier molecular flexibility index (Phi) is 5.29. The van der Waals surface area contributed by atoms with Gasteiger partial charge >= 0.3 is 0 Å². The first-order valence-corrected chi connectivity index (χ1v) is 6.65. The molecule has 1 aromatic rings. The predicted molar refractivity (Wildman–Crippen MR) is 75.3 cm³/mol. The summed E-state index contributed by atoms with van der Waals surface area (Å²) in [6.45, 7) is 7.98. The maximum absolute atomic E-state index is 9.75. The van der Waals surface area contributed by atoms with Crippen LogP contribution in [0.4, 0.5) is 0 Å². The Balaban J connectivity index is 3.09. The van der Waals surface area contributed by atoms with Crippen molar-refractivity contribution in [2.24, 2.45) is 11.7 Å². The minimum Gasteiger partial charge on any atom is -0.504 e. The Bertz CT molecular complexity index is 383. The molecule has 2 atom stereocenters. The lowest BCUT2D eigenvalue weighted by atomic mass is 9.88. The Morgan fingerprint density at radius 1 is 1.22 bits per heavy atom. The number of ether oxygens (including phenoxy) is 1. The van der Waals surface area contributed by atoms with E-state index in [1.54, 1.807) is 6.07 Å². The Hall–Kier alpha value is -0.930. The van der Waals surface area contributed by atoms with E-state index in [0.29, 0.717) is 11.7 Å². The monoisotopic (exact) mass is 271 g/mol. The van der Waals surface area contributed by atoms with Crippen LogP contribution >= 0.6 is 11.6 Å². The van der Waals surface area contributed by atoms with Gasteiger partial charge in [-0.25, -0.2) is 0 Å². The second-order valence-electron chi connectivity index (χ2n) is 5.11. The van der Waals surface area contributed by atoms with Crippen molar-refractivity contribution < 1.29 is 9.84 Å². The zero-order chi connectivity index (χ0) is 13.9. The first-order chi connectivity index (χ1) is 8.32. The van der Waals surface area contributed by atoms with E-state index in [-0.39, 0.29) is 17.8 Å². The summed E-state index contributed by atoms with van der Waals surface area (Å²) < 4.78 is 5.56. The van der Waals surface area contributed by atoms with Gasteiger partial charge in [-0.05, 0) is 37.5 Å². The van der Waals surface area contributed by atoms with E-state index in [1.165, 1.54) is 0 Å². The zero-order valence-corrected chi connectivity index (χ0v) is 12.1. The normalized spacial score (nSPS) is 14.9. The lowest BCUT2D eigenvalue weighted by Gasteiger charge is -2.24. The number of rotatable bonds is 5. The third kappa shape index (κ3) is 3.79. The van der Waals surface area contributed by atoms with E-state index in [9.17, 15) is 5.11 Å². The van der Waals surface area contributed by atoms with Crippen LogP contribution in [0.1, 0.15) is 39.2 Å². The minimum atomic E-state index is -0.457. The third-order valence-corrected chi connectivity index (χ3v) is 3.06. The summed E-state index contributed by atoms with van der Waals surface area (Å²) in [5, 5.41) is 9.75. The van der Waals surface area contributed by atoms with Crippen LogP contribution in [-0.4, -0.2) is 16.7 Å². The van der Waals surface area contributed by atoms with Crippen molar-refractivity contribution >= 4 is 11.6 Å². The summed E-state index contributed by atoms with van der Waals surface area (Å²) in [7, 11) is 0. The first kappa shape index (κ1) is 15.1. The molecule has 0 radical (unpaired) electrons. The van der Waals surface area contributed by atoms with E-state index in [1.807, 2.05) is 26.0 Å². The predicted octanol–water partition coefficient (Wildman–Crippen LogP) is 3.44. The highest BCUT2D eigenvalue weighted by Crippen LogP contribution is 2.35. The van der Waals surface area contributed by atoms with Gasteiger partial charge in [0.1, 0.15) is 0 Å². The van der Waals surface area contributed by atoms with Gasteiger partial charge in [0.05, 0.1) is 11.6 Å². The second-order valence-corrected chi connectivity index (χ2v) is 5.61. The molecule has 18 heavy (non-hydrogen) atoms. The van der Waals surface area contributed by atoms with Crippen molar-refractivity contribution in [3.63, 3.8) is 0 Å². The standard InChI is InChI=1S/C14H22ClNO2/c1-8(2)13(14(15)16)10-5-6-11(17)12(7-10)18-9(3)4/h5-9,13-14,17H,16H2,1-4H3. The number of halogens is 1. The van der Waals surface area contributed by atoms with Gasteiger partial charge in [0.25, 0.3) is 0 Å². The number of benzene rings is 1. The van der Waals surface area contributed by atoms with Gasteiger partial charge in [0.15, 0.2) is 11.5 Å². The highest BCUT2D eigenvalue weighted by molar-refractivity contribution is 6.20. The lowest BCUT2D eigenvalue weighted by Crippen LogP contribution is -2.26. The molecule has 0 aliphatic rings. The molecule has 0 bridgehead atoms. The van der Waals surface area contributed by atoms with E-state index >= 15 is 0 Å². The summed E-state index contributed by atoms with van der Waals surface area (Å²) in [4.78, 5) is 0. The van der Waals surface area contributed by atoms with Gasteiger partial charge in [-0.3, -0.25) is 0 Å². The first-order valence-electron chi connectivity index (χ1n) is 6.22. The lowest BCUT2D eigenvalue weighted by molar-refractivity contribution is 0.231. The van der Waals surface area contributed by atoms with Gasteiger partial charge < -0.3 is 15.6 Å². The van der Waals surface area contributed by atoms with Gasteiger partial charge in [-0.15, -0.1) is 11.6 Å². The molecule has 0 spiro atoms. The van der Waals surface area contributed by atoms with E-state index < -0.39 is 5.50 Å². The molecule has 4 heteroatoms. The molecule has 2 unspecified atom stereocenters. The molecule has 0 aliphatic heterocycles. The summed E-state index contributed by atoms with van der Waals surface area (Å²) in [5.41, 5.74) is 6.35. The third-order valence-electron chi connectivity index (χ3n) is 2.79. The van der Waals surface area contributed by atoms with Gasteiger partial charge in [-0.2, -0.15) is 0 Å². The smallest absolute Gasteiger partial charge is 0.161 e. The van der Waals surface area contributed by atoms with Crippen LogP contribution in [0.25, 0.3) is 0 Å². The second kappa shape index (κ2) is 6.30. The van der Waals surface area contributed by atoms with Crippen LogP contribution in [0.5, 0.6) is 11.5 Å². The summed E-state index contributed by atoms with van der Waals surface area (Å²) >= 11 is 6.05. The molecular formula is C14H22ClNO2. The molecule has 0 aromatic heterocycles. The van der Waals surface area contributed by atoms with E-state index in [4.69, 9.17) is 22.1 Å². The summed E-state index contributed by atoms with van der Waals surface area (Å²) in [6.07, 6.45) is 0.00771. The molecule has 0 saturated carbocycles. The molecule has 1 rings (SSSR count). The topological polar surface area (TPSA) is 55.5 Å². The Labute approximate surface area is 114 Å². The number of alkyl halides is 1. The van der Waals surface area contributed by atoms with Gasteiger partial charge in [0, 0.05) is 5.92 Å². The molecule has 102 valence electrons. The average Bonchev–Trinajstić information content (AvgIpc) is 2.21. The molecule has 1 aromatic carbocycles. The maximum atomic E-state index is 9.75. The SMILES string of the molecule is CC(C)Oc1cc(C(C(C)C)C(N)Cl)ccc1O. The number of phenolic OH excluding ortho intramolecular Hbond substituents is 1. The van der Waals surface area contributed by atoms with Crippen molar-refractivity contribution in [2.75, 3.05) is 0 Å². The van der Waals surface area contributed by atoms with E-state index in [2.05, 4.69) is 13.8 Å². The molecule has 0 fully saturated rings. The summed E-state index contributed by atoms with van der Waals surface area (Å²) in [5.74, 6) is 0.958. The van der Waals surface area contributed by atoms with Crippen molar-refractivity contribution in [2.45, 2.75) is 45.2 Å². The zero-order valence-electron chi connectivity index (χ0n) is 11.4. The van der Waals surface area contributed by atoms with Crippen molar-refractivity contribution in [1.82, 2.24) is 0 Å². The molecule has 0 aliphatic carbocycles.